The van der Waals surface area contributed by atoms with Crippen molar-refractivity contribution in [1.29, 1.82) is 0 Å². The summed E-state index contributed by atoms with van der Waals surface area (Å²) in [5.74, 6) is 5.50. The molecule has 0 N–H and O–H groups in total. The van der Waals surface area contributed by atoms with E-state index >= 15 is 0 Å². The number of nitrogens with zero attached hydrogens (tertiary/aromatic N) is 1. The first kappa shape index (κ1) is 49.8. The maximum Gasteiger partial charge on any atom is 0.0701 e. The average molecular weight is 806 g/mol. The van der Waals surface area contributed by atoms with Crippen molar-refractivity contribution >= 4 is 0 Å². The van der Waals surface area contributed by atoms with Gasteiger partial charge < -0.3 is 14.4 Å². The van der Waals surface area contributed by atoms with Crippen molar-refractivity contribution in [1.82, 2.24) is 4.90 Å². The Morgan fingerprint density at radius 3 is 2.12 bits per heavy atom. The summed E-state index contributed by atoms with van der Waals surface area (Å²) >= 11 is 0. The largest absolute Gasteiger partial charge is 0.378 e. The van der Waals surface area contributed by atoms with Gasteiger partial charge >= 0.3 is 0 Å². The molecule has 3 nitrogen and oxygen atoms in total. The van der Waals surface area contributed by atoms with Crippen LogP contribution in [0.4, 0.5) is 0 Å². The molecule has 0 aromatic rings. The summed E-state index contributed by atoms with van der Waals surface area (Å²) in [6.45, 7) is 18.0. The van der Waals surface area contributed by atoms with Gasteiger partial charge in [0.1, 0.15) is 0 Å². The Kier molecular flexibility index (Phi) is 23.4. The van der Waals surface area contributed by atoms with Crippen molar-refractivity contribution < 1.29 is 9.47 Å². The van der Waals surface area contributed by atoms with E-state index in [0.717, 1.165) is 61.7 Å². The molecule has 3 fully saturated rings. The van der Waals surface area contributed by atoms with Crippen molar-refractivity contribution in [3.63, 3.8) is 0 Å². The lowest BCUT2D eigenvalue weighted by Gasteiger charge is -2.58. The van der Waals surface area contributed by atoms with Gasteiger partial charge in [-0.25, -0.2) is 0 Å². The summed E-state index contributed by atoms with van der Waals surface area (Å²) in [6.07, 6.45) is 50.3. The number of allylic oxidation sites excluding steroid dienone is 5. The van der Waals surface area contributed by atoms with Gasteiger partial charge in [0.25, 0.3) is 0 Å². The number of fused-ring (bicyclic) bond motifs is 5. The van der Waals surface area contributed by atoms with Crippen LogP contribution in [0.5, 0.6) is 0 Å². The highest BCUT2D eigenvalue weighted by molar-refractivity contribution is 5.25. The zero-order valence-corrected chi connectivity index (χ0v) is 40.2. The van der Waals surface area contributed by atoms with E-state index in [1.165, 1.54) is 173 Å². The minimum atomic E-state index is 0.375. The van der Waals surface area contributed by atoms with E-state index in [0.29, 0.717) is 23.0 Å². The Balaban J connectivity index is 1.03. The second kappa shape index (κ2) is 27.2. The summed E-state index contributed by atoms with van der Waals surface area (Å²) in [5.41, 5.74) is 2.80. The van der Waals surface area contributed by atoms with Crippen LogP contribution in [0.2, 0.25) is 0 Å². The standard InChI is InChI=1S/C55H99NO2/c1-9-10-11-12-13-14-15-16-17-18-19-20-21-22-24-27-42-58-49(44-56(7)8)32-26-23-25-28-41-57-48-37-39-54(5)47(43-48)33-34-50-52-36-35-51(46(4)31-29-30-45(2)3)55(52,6)40-38-53(50)54/h13-14,16-17,33,45-46,48-53H,9-12,15,18-32,34-44H2,1-8H3/b14-13-,17-16-/t46?,48-,49?,50?,51?,52?,53?,54-,55+/m1/s1. The lowest BCUT2D eigenvalue weighted by molar-refractivity contribution is -0.0641. The van der Waals surface area contributed by atoms with E-state index in [2.05, 4.69) is 90.9 Å². The van der Waals surface area contributed by atoms with Gasteiger partial charge in [-0.15, -0.1) is 0 Å². The van der Waals surface area contributed by atoms with E-state index in [9.17, 15) is 0 Å². The molecular formula is C55H99NO2. The molecular weight excluding hydrogens is 707 g/mol. The second-order valence-electron chi connectivity index (χ2n) is 21.6. The molecule has 4 aliphatic carbocycles. The number of hydrogen-bond donors (Lipinski definition) is 0. The molecule has 9 atom stereocenters. The van der Waals surface area contributed by atoms with Crippen LogP contribution in [0.3, 0.4) is 0 Å². The molecule has 336 valence electrons. The lowest BCUT2D eigenvalue weighted by Crippen LogP contribution is -2.51. The SMILES string of the molecule is CCCCC/C=C\C/C=C\CCCCCCCCOC(CCCCCCO[C@@H]1CC[C@]2(C)C(=CCC3C4CCC(C(C)CCCC(C)C)[C@]4(C)CCC32)C1)CN(C)C. The molecule has 6 unspecified atom stereocenters. The molecule has 0 heterocycles. The van der Waals surface area contributed by atoms with Gasteiger partial charge in [-0.05, 0) is 163 Å². The van der Waals surface area contributed by atoms with Crippen molar-refractivity contribution in [2.45, 2.75) is 234 Å². The number of hydrogen-bond acceptors (Lipinski definition) is 3. The third-order valence-corrected chi connectivity index (χ3v) is 16.3. The Morgan fingerprint density at radius 1 is 0.707 bits per heavy atom. The average Bonchev–Trinajstić information content (AvgIpc) is 3.55. The van der Waals surface area contributed by atoms with E-state index < -0.39 is 0 Å². The first-order valence-corrected chi connectivity index (χ1v) is 26.0. The summed E-state index contributed by atoms with van der Waals surface area (Å²) in [6, 6.07) is 0. The molecule has 0 bridgehead atoms. The van der Waals surface area contributed by atoms with Gasteiger partial charge in [0.2, 0.25) is 0 Å². The van der Waals surface area contributed by atoms with Crippen LogP contribution in [0.25, 0.3) is 0 Å². The van der Waals surface area contributed by atoms with Gasteiger partial charge in [-0.1, -0.05) is 155 Å². The number of rotatable bonds is 31. The van der Waals surface area contributed by atoms with E-state index in [-0.39, 0.29) is 0 Å². The van der Waals surface area contributed by atoms with Gasteiger partial charge in [-0.2, -0.15) is 0 Å². The van der Waals surface area contributed by atoms with Crippen molar-refractivity contribution in [2.75, 3.05) is 33.9 Å². The van der Waals surface area contributed by atoms with Gasteiger partial charge in [0.15, 0.2) is 0 Å². The van der Waals surface area contributed by atoms with E-state index in [1.807, 2.05) is 0 Å². The summed E-state index contributed by atoms with van der Waals surface area (Å²) in [5, 5.41) is 0. The fourth-order valence-corrected chi connectivity index (χ4v) is 12.8. The maximum atomic E-state index is 6.63. The second-order valence-corrected chi connectivity index (χ2v) is 21.6. The van der Waals surface area contributed by atoms with E-state index in [1.54, 1.807) is 5.57 Å². The van der Waals surface area contributed by atoms with Gasteiger partial charge in [-0.3, -0.25) is 0 Å². The molecule has 3 heteroatoms. The van der Waals surface area contributed by atoms with Crippen molar-refractivity contribution in [3.05, 3.63) is 36.0 Å². The van der Waals surface area contributed by atoms with Gasteiger partial charge in [0, 0.05) is 19.8 Å². The Morgan fingerprint density at radius 2 is 1.40 bits per heavy atom. The smallest absolute Gasteiger partial charge is 0.0701 e. The fraction of sp³-hybridized carbons (Fsp3) is 0.891. The molecule has 0 aromatic carbocycles. The van der Waals surface area contributed by atoms with Crippen LogP contribution in [0.15, 0.2) is 36.0 Å². The predicted octanol–water partition coefficient (Wildman–Crippen LogP) is 16.1. The van der Waals surface area contributed by atoms with Crippen LogP contribution < -0.4 is 0 Å². The highest BCUT2D eigenvalue weighted by Crippen LogP contribution is 2.67. The first-order valence-electron chi connectivity index (χ1n) is 26.0. The molecule has 0 saturated heterocycles. The minimum Gasteiger partial charge on any atom is -0.378 e. The molecule has 4 aliphatic rings. The normalized spacial score (nSPS) is 29.6. The number of likely N-dealkylation sites (N-methyl/N-ethyl adjacent to an activating group) is 1. The first-order chi connectivity index (χ1) is 28.1. The van der Waals surface area contributed by atoms with Crippen molar-refractivity contribution in [2.24, 2.45) is 46.3 Å². The molecule has 0 radical (unpaired) electrons. The van der Waals surface area contributed by atoms with Crippen LogP contribution in [0.1, 0.15) is 221 Å². The number of unbranched alkanes of at least 4 members (excludes halogenated alkanes) is 12. The van der Waals surface area contributed by atoms with Crippen LogP contribution >= 0.6 is 0 Å². The quantitative estimate of drug-likeness (QED) is 0.0515. The third kappa shape index (κ3) is 16.1. The van der Waals surface area contributed by atoms with Crippen LogP contribution in [-0.4, -0.2) is 51.0 Å². The molecule has 0 amide bonds. The lowest BCUT2D eigenvalue weighted by atomic mass is 9.47. The molecule has 0 aliphatic heterocycles. The number of ether oxygens (including phenoxy) is 2. The topological polar surface area (TPSA) is 21.7 Å². The molecule has 4 rings (SSSR count). The zero-order chi connectivity index (χ0) is 41.6. The van der Waals surface area contributed by atoms with Crippen LogP contribution in [-0.2, 0) is 9.47 Å². The highest BCUT2D eigenvalue weighted by atomic mass is 16.5. The minimum absolute atomic E-state index is 0.375. The summed E-state index contributed by atoms with van der Waals surface area (Å²) in [4.78, 5) is 2.31. The maximum absolute atomic E-state index is 6.63. The van der Waals surface area contributed by atoms with Gasteiger partial charge in [0.05, 0.1) is 12.2 Å². The van der Waals surface area contributed by atoms with Crippen molar-refractivity contribution in [3.8, 4) is 0 Å². The third-order valence-electron chi connectivity index (χ3n) is 16.3. The van der Waals surface area contributed by atoms with Crippen LogP contribution in [0, 0.1) is 46.3 Å². The Labute approximate surface area is 362 Å². The fourth-order valence-electron chi connectivity index (χ4n) is 12.8. The molecule has 0 spiro atoms. The summed E-state index contributed by atoms with van der Waals surface area (Å²) < 4.78 is 13.1. The Hall–Kier alpha value is -0.900. The molecule has 3 saturated carbocycles. The molecule has 0 aromatic heterocycles. The highest BCUT2D eigenvalue weighted by Gasteiger charge is 2.59. The monoisotopic (exact) mass is 806 g/mol. The summed E-state index contributed by atoms with van der Waals surface area (Å²) in [7, 11) is 4.38. The molecule has 58 heavy (non-hydrogen) atoms. The van der Waals surface area contributed by atoms with E-state index in [4.69, 9.17) is 9.47 Å². The zero-order valence-electron chi connectivity index (χ0n) is 40.2. The predicted molar refractivity (Wildman–Crippen MR) is 254 cm³/mol. The Bertz CT molecular complexity index is 1170.